The molecule has 0 spiro atoms. The molecule has 0 unspecified atom stereocenters. The van der Waals surface area contributed by atoms with Crippen LogP contribution in [0.4, 0.5) is 0 Å². The lowest BCUT2D eigenvalue weighted by atomic mass is 10.1. The van der Waals surface area contributed by atoms with Crippen molar-refractivity contribution in [1.29, 1.82) is 0 Å². The molecule has 0 bridgehead atoms. The lowest BCUT2D eigenvalue weighted by molar-refractivity contribution is 0.0702. The van der Waals surface area contributed by atoms with Crippen LogP contribution >= 0.6 is 34.5 Å². The van der Waals surface area contributed by atoms with Crippen LogP contribution in [0.5, 0.6) is 0 Å². The Balaban J connectivity index is 2.09. The molecular weight excluding hydrogens is 371 g/mol. The van der Waals surface area contributed by atoms with Gasteiger partial charge in [0.1, 0.15) is 4.88 Å². The van der Waals surface area contributed by atoms with E-state index in [2.05, 4.69) is 4.98 Å². The van der Waals surface area contributed by atoms with Gasteiger partial charge in [-0.15, -0.1) is 0 Å². The summed E-state index contributed by atoms with van der Waals surface area (Å²) in [7, 11) is 0. The number of thiazole rings is 1. The van der Waals surface area contributed by atoms with Gasteiger partial charge in [0.15, 0.2) is 4.96 Å². The number of hydrogen-bond acceptors (Lipinski definition) is 4. The standard InChI is InChI=1S/C16H10Cl2N2O3S/c1-8-12(5-3-9-2-4-10(17)6-11(9)18)19-16-20(14(8)21)7-13(24-16)15(22)23/h2-7H,1H3,(H,22,23)/b5-3+. The van der Waals surface area contributed by atoms with Crippen molar-refractivity contribution in [2.24, 2.45) is 0 Å². The molecule has 0 aliphatic heterocycles. The average molecular weight is 381 g/mol. The molecule has 0 amide bonds. The van der Waals surface area contributed by atoms with E-state index in [0.29, 0.717) is 26.3 Å². The highest BCUT2D eigenvalue weighted by Crippen LogP contribution is 2.23. The third-order valence-corrected chi connectivity index (χ3v) is 4.92. The van der Waals surface area contributed by atoms with Gasteiger partial charge < -0.3 is 5.11 Å². The molecule has 8 heteroatoms. The quantitative estimate of drug-likeness (QED) is 0.737. The Hall–Kier alpha value is -2.15. The van der Waals surface area contributed by atoms with Crippen LogP contribution in [-0.2, 0) is 0 Å². The second-order valence-corrected chi connectivity index (χ2v) is 6.83. The summed E-state index contributed by atoms with van der Waals surface area (Å²) < 4.78 is 1.25. The molecule has 3 aromatic rings. The second kappa shape index (κ2) is 6.39. The van der Waals surface area contributed by atoms with Crippen LogP contribution in [0.15, 0.2) is 29.2 Å². The number of carbonyl (C=O) groups is 1. The van der Waals surface area contributed by atoms with E-state index in [1.54, 1.807) is 37.3 Å². The monoisotopic (exact) mass is 380 g/mol. The smallest absolute Gasteiger partial charge is 0.347 e. The summed E-state index contributed by atoms with van der Waals surface area (Å²) in [6.45, 7) is 1.64. The third-order valence-electron chi connectivity index (χ3n) is 3.39. The molecular formula is C16H10Cl2N2O3S. The van der Waals surface area contributed by atoms with Crippen LogP contribution in [0.1, 0.15) is 26.5 Å². The molecule has 122 valence electrons. The number of aromatic nitrogens is 2. The average Bonchev–Trinajstić information content (AvgIpc) is 2.95. The Labute approximate surface area is 150 Å². The number of nitrogens with zero attached hydrogens (tertiary/aromatic N) is 2. The van der Waals surface area contributed by atoms with E-state index in [9.17, 15) is 9.59 Å². The zero-order chi connectivity index (χ0) is 17.4. The fourth-order valence-electron chi connectivity index (χ4n) is 2.11. The molecule has 0 radical (unpaired) electrons. The normalized spacial score (nSPS) is 11.5. The Morgan fingerprint density at radius 2 is 2.08 bits per heavy atom. The summed E-state index contributed by atoms with van der Waals surface area (Å²) in [5.41, 5.74) is 1.32. The van der Waals surface area contributed by atoms with Gasteiger partial charge in [-0.25, -0.2) is 9.78 Å². The van der Waals surface area contributed by atoms with Gasteiger partial charge in [0.05, 0.1) is 5.69 Å². The van der Waals surface area contributed by atoms with E-state index < -0.39 is 5.97 Å². The van der Waals surface area contributed by atoms with Crippen LogP contribution in [-0.4, -0.2) is 20.5 Å². The van der Waals surface area contributed by atoms with E-state index in [1.807, 2.05) is 0 Å². The van der Waals surface area contributed by atoms with Gasteiger partial charge in [0.25, 0.3) is 5.56 Å². The van der Waals surface area contributed by atoms with Crippen LogP contribution in [0.25, 0.3) is 17.1 Å². The predicted octanol–water partition coefficient (Wildman–Crippen LogP) is 4.24. The summed E-state index contributed by atoms with van der Waals surface area (Å²) in [4.78, 5) is 28.2. The highest BCUT2D eigenvalue weighted by Gasteiger charge is 2.13. The van der Waals surface area contributed by atoms with Crippen molar-refractivity contribution >= 4 is 57.6 Å². The molecule has 1 N–H and O–H groups in total. The largest absolute Gasteiger partial charge is 0.477 e. The van der Waals surface area contributed by atoms with Crippen molar-refractivity contribution in [3.05, 3.63) is 66.5 Å². The molecule has 2 aromatic heterocycles. The van der Waals surface area contributed by atoms with Crippen molar-refractivity contribution < 1.29 is 9.90 Å². The molecule has 1 aromatic carbocycles. The zero-order valence-electron chi connectivity index (χ0n) is 12.3. The highest BCUT2D eigenvalue weighted by molar-refractivity contribution is 7.18. The maximum absolute atomic E-state index is 12.4. The number of fused-ring (bicyclic) bond motifs is 1. The number of carboxylic acid groups (broad SMARTS) is 1. The molecule has 2 heterocycles. The van der Waals surface area contributed by atoms with E-state index in [-0.39, 0.29) is 10.4 Å². The Morgan fingerprint density at radius 3 is 2.75 bits per heavy atom. The molecule has 24 heavy (non-hydrogen) atoms. The van der Waals surface area contributed by atoms with Crippen molar-refractivity contribution in [3.8, 4) is 0 Å². The summed E-state index contributed by atoms with van der Waals surface area (Å²) in [6.07, 6.45) is 4.69. The van der Waals surface area contributed by atoms with Gasteiger partial charge in [-0.1, -0.05) is 46.7 Å². The summed E-state index contributed by atoms with van der Waals surface area (Å²) >= 11 is 12.9. The van der Waals surface area contributed by atoms with E-state index in [0.717, 1.165) is 16.9 Å². The first-order valence-corrected chi connectivity index (χ1v) is 8.33. The van der Waals surface area contributed by atoms with Crippen molar-refractivity contribution in [2.75, 3.05) is 0 Å². The number of carboxylic acids is 1. The minimum Gasteiger partial charge on any atom is -0.477 e. The zero-order valence-corrected chi connectivity index (χ0v) is 14.6. The van der Waals surface area contributed by atoms with Gasteiger partial charge in [0.2, 0.25) is 0 Å². The van der Waals surface area contributed by atoms with Gasteiger partial charge >= 0.3 is 5.97 Å². The van der Waals surface area contributed by atoms with Crippen molar-refractivity contribution in [2.45, 2.75) is 6.92 Å². The van der Waals surface area contributed by atoms with Crippen molar-refractivity contribution in [3.63, 3.8) is 0 Å². The maximum atomic E-state index is 12.4. The first kappa shape index (κ1) is 16.7. The Morgan fingerprint density at radius 1 is 1.33 bits per heavy atom. The van der Waals surface area contributed by atoms with Crippen LogP contribution in [0, 0.1) is 6.92 Å². The molecule has 0 aliphatic rings. The SMILES string of the molecule is Cc1c(/C=C/c2ccc(Cl)cc2Cl)nc2sc(C(=O)O)cn2c1=O. The van der Waals surface area contributed by atoms with Gasteiger partial charge in [-0.05, 0) is 30.7 Å². The lowest BCUT2D eigenvalue weighted by Crippen LogP contribution is -2.17. The summed E-state index contributed by atoms with van der Waals surface area (Å²) in [5, 5.41) is 10.1. The molecule has 0 fully saturated rings. The molecule has 0 saturated heterocycles. The predicted molar refractivity (Wildman–Crippen MR) is 96.4 cm³/mol. The Kier molecular flexibility index (Phi) is 4.45. The molecule has 3 rings (SSSR count). The summed E-state index contributed by atoms with van der Waals surface area (Å²) in [5.74, 6) is -1.09. The van der Waals surface area contributed by atoms with Crippen LogP contribution in [0.2, 0.25) is 10.0 Å². The van der Waals surface area contributed by atoms with Crippen LogP contribution in [0.3, 0.4) is 0 Å². The van der Waals surface area contributed by atoms with Crippen molar-refractivity contribution in [1.82, 2.24) is 9.38 Å². The fourth-order valence-corrected chi connectivity index (χ4v) is 3.40. The number of benzene rings is 1. The fraction of sp³-hybridized carbons (Fsp3) is 0.0625. The highest BCUT2D eigenvalue weighted by atomic mass is 35.5. The minimum atomic E-state index is -1.09. The number of halogens is 2. The third kappa shape index (κ3) is 3.08. The topological polar surface area (TPSA) is 71.7 Å². The number of hydrogen-bond donors (Lipinski definition) is 1. The second-order valence-electron chi connectivity index (χ2n) is 4.98. The molecule has 0 aliphatic carbocycles. The van der Waals surface area contributed by atoms with Gasteiger partial charge in [-0.2, -0.15) is 0 Å². The maximum Gasteiger partial charge on any atom is 0.347 e. The lowest BCUT2D eigenvalue weighted by Gasteiger charge is -2.01. The Bertz CT molecular complexity index is 1050. The van der Waals surface area contributed by atoms with Gasteiger partial charge in [-0.3, -0.25) is 9.20 Å². The van der Waals surface area contributed by atoms with Crippen LogP contribution < -0.4 is 5.56 Å². The first-order chi connectivity index (χ1) is 11.4. The molecule has 0 saturated carbocycles. The number of rotatable bonds is 3. The number of aromatic carboxylic acids is 1. The molecule has 0 atom stereocenters. The first-order valence-electron chi connectivity index (χ1n) is 6.76. The van der Waals surface area contributed by atoms with E-state index >= 15 is 0 Å². The van der Waals surface area contributed by atoms with Gasteiger partial charge in [0, 0.05) is 21.8 Å². The van der Waals surface area contributed by atoms with E-state index in [1.165, 1.54) is 10.6 Å². The van der Waals surface area contributed by atoms with E-state index in [4.69, 9.17) is 28.3 Å². The minimum absolute atomic E-state index is 0.0564. The summed E-state index contributed by atoms with van der Waals surface area (Å²) in [6, 6.07) is 5.10. The molecule has 5 nitrogen and oxygen atoms in total.